The van der Waals surface area contributed by atoms with E-state index in [9.17, 15) is 9.90 Å². The summed E-state index contributed by atoms with van der Waals surface area (Å²) < 4.78 is 11.1. The second kappa shape index (κ2) is 9.17. The molecule has 0 unspecified atom stereocenters. The van der Waals surface area contributed by atoms with Crippen LogP contribution < -0.4 is 4.74 Å². The highest BCUT2D eigenvalue weighted by Gasteiger charge is 2.18. The minimum Gasteiger partial charge on any atom is -0.507 e. The van der Waals surface area contributed by atoms with Gasteiger partial charge in [0.15, 0.2) is 5.78 Å². The number of allylic oxidation sites excluding steroid dienone is 1. The molecule has 1 aliphatic rings. The molecule has 144 valence electrons. The van der Waals surface area contributed by atoms with Crippen LogP contribution in [0.3, 0.4) is 0 Å². The Hall–Kier alpha value is -2.15. The number of hydrogen-bond donors (Lipinski definition) is 1. The predicted molar refractivity (Wildman–Crippen MR) is 108 cm³/mol. The van der Waals surface area contributed by atoms with Crippen molar-refractivity contribution in [3.63, 3.8) is 0 Å². The van der Waals surface area contributed by atoms with Crippen molar-refractivity contribution in [2.24, 2.45) is 0 Å². The molecule has 0 atom stereocenters. The Morgan fingerprint density at radius 3 is 2.81 bits per heavy atom. The normalized spacial score (nSPS) is 15.3. The Bertz CT molecular complexity index is 822. The van der Waals surface area contributed by atoms with Gasteiger partial charge in [0.05, 0.1) is 25.4 Å². The third kappa shape index (κ3) is 4.97. The fourth-order valence-electron chi connectivity index (χ4n) is 3.02. The van der Waals surface area contributed by atoms with Crippen LogP contribution in [0, 0.1) is 6.92 Å². The van der Waals surface area contributed by atoms with Crippen LogP contribution >= 0.6 is 11.3 Å². The number of aromatic hydroxyl groups is 1. The number of phenolic OH excluding ortho intramolecular Hbond substituents is 1. The summed E-state index contributed by atoms with van der Waals surface area (Å²) in [5.74, 6) is 0.351. The van der Waals surface area contributed by atoms with E-state index >= 15 is 0 Å². The lowest BCUT2D eigenvalue weighted by Crippen LogP contribution is -2.35. The average Bonchev–Trinajstić information content (AvgIpc) is 3.08. The maximum Gasteiger partial charge on any atom is 0.189 e. The maximum absolute atomic E-state index is 12.7. The summed E-state index contributed by atoms with van der Waals surface area (Å²) in [7, 11) is 0. The van der Waals surface area contributed by atoms with Gasteiger partial charge in [-0.1, -0.05) is 0 Å². The van der Waals surface area contributed by atoms with Crippen LogP contribution in [0.15, 0.2) is 29.7 Å². The molecule has 0 saturated carbocycles. The first kappa shape index (κ1) is 19.6. The van der Waals surface area contributed by atoms with Gasteiger partial charge in [-0.3, -0.25) is 9.69 Å². The van der Waals surface area contributed by atoms with Gasteiger partial charge in [-0.05, 0) is 49.1 Å². The van der Waals surface area contributed by atoms with Gasteiger partial charge in [-0.15, -0.1) is 11.3 Å². The molecule has 0 bridgehead atoms. The van der Waals surface area contributed by atoms with Crippen LogP contribution in [-0.4, -0.2) is 48.7 Å². The van der Waals surface area contributed by atoms with E-state index in [0.29, 0.717) is 37.7 Å². The maximum atomic E-state index is 12.7. The Morgan fingerprint density at radius 1 is 1.37 bits per heavy atom. The third-order valence-corrected chi connectivity index (χ3v) is 5.51. The number of carbonyl (C=O) groups is 1. The monoisotopic (exact) mass is 387 g/mol. The van der Waals surface area contributed by atoms with E-state index in [-0.39, 0.29) is 11.5 Å². The Kier molecular flexibility index (Phi) is 6.66. The van der Waals surface area contributed by atoms with Crippen LogP contribution in [-0.2, 0) is 11.3 Å². The zero-order chi connectivity index (χ0) is 19.2. The van der Waals surface area contributed by atoms with E-state index in [2.05, 4.69) is 4.90 Å². The largest absolute Gasteiger partial charge is 0.507 e. The molecular formula is C21H25NO4S. The summed E-state index contributed by atoms with van der Waals surface area (Å²) in [6.07, 6.45) is 3.33. The number of benzene rings is 1. The Morgan fingerprint density at radius 2 is 2.15 bits per heavy atom. The van der Waals surface area contributed by atoms with Crippen LogP contribution in [0.5, 0.6) is 11.5 Å². The molecule has 6 heteroatoms. The average molecular weight is 388 g/mol. The van der Waals surface area contributed by atoms with Gasteiger partial charge in [0.2, 0.25) is 0 Å². The lowest BCUT2D eigenvalue weighted by atomic mass is 10.0. The summed E-state index contributed by atoms with van der Waals surface area (Å²) in [4.78, 5) is 16.0. The third-order valence-electron chi connectivity index (χ3n) is 4.53. The number of ketones is 1. The molecule has 5 nitrogen and oxygen atoms in total. The highest BCUT2D eigenvalue weighted by atomic mass is 32.1. The molecule has 0 radical (unpaired) electrons. The zero-order valence-electron chi connectivity index (χ0n) is 15.7. The second-order valence-electron chi connectivity index (χ2n) is 6.46. The molecule has 1 fully saturated rings. The van der Waals surface area contributed by atoms with Gasteiger partial charge in [-0.2, -0.15) is 0 Å². The number of rotatable bonds is 7. The van der Waals surface area contributed by atoms with Crippen molar-refractivity contribution < 1.29 is 19.4 Å². The SMILES string of the molecule is CCOc1cc(O)c(C(=O)/C=C/c2sccc2C)cc1CN1CCOCC1. The number of phenols is 1. The molecule has 0 amide bonds. The van der Waals surface area contributed by atoms with Gasteiger partial charge >= 0.3 is 0 Å². The van der Waals surface area contributed by atoms with Crippen LogP contribution in [0.1, 0.15) is 33.3 Å². The van der Waals surface area contributed by atoms with E-state index < -0.39 is 0 Å². The highest BCUT2D eigenvalue weighted by Crippen LogP contribution is 2.30. The molecule has 1 N–H and O–H groups in total. The molecular weight excluding hydrogens is 362 g/mol. The van der Waals surface area contributed by atoms with E-state index in [4.69, 9.17) is 9.47 Å². The molecule has 1 aliphatic heterocycles. The molecule has 2 heterocycles. The molecule has 27 heavy (non-hydrogen) atoms. The molecule has 1 saturated heterocycles. The fraction of sp³-hybridized carbons (Fsp3) is 0.381. The fourth-order valence-corrected chi connectivity index (χ4v) is 3.84. The minimum absolute atomic E-state index is 0.0540. The number of carbonyl (C=O) groups excluding carboxylic acids is 1. The number of hydrogen-bond acceptors (Lipinski definition) is 6. The van der Waals surface area contributed by atoms with E-state index in [0.717, 1.165) is 29.1 Å². The van der Waals surface area contributed by atoms with Gasteiger partial charge in [0, 0.05) is 36.1 Å². The standard InChI is InChI=1S/C21H25NO4S/c1-3-26-20-13-19(24)17(12-16(20)14-22-7-9-25-10-8-22)18(23)4-5-21-15(2)6-11-27-21/h4-6,11-13,24H,3,7-10,14H2,1-2H3/b5-4+. The number of thiophene rings is 1. The summed E-state index contributed by atoms with van der Waals surface area (Å²) in [6.45, 7) is 8.16. The van der Waals surface area contributed by atoms with E-state index in [1.807, 2.05) is 25.3 Å². The molecule has 2 aromatic rings. The van der Waals surface area contributed by atoms with Crippen LogP contribution in [0.25, 0.3) is 6.08 Å². The predicted octanol–water partition coefficient (Wildman–Crippen LogP) is 3.89. The van der Waals surface area contributed by atoms with Crippen LogP contribution in [0.2, 0.25) is 0 Å². The van der Waals surface area contributed by atoms with Crippen molar-refractivity contribution >= 4 is 23.2 Å². The highest BCUT2D eigenvalue weighted by molar-refractivity contribution is 7.11. The second-order valence-corrected chi connectivity index (χ2v) is 7.41. The van der Waals surface area contributed by atoms with Crippen molar-refractivity contribution in [3.8, 4) is 11.5 Å². The number of nitrogens with zero attached hydrogens (tertiary/aromatic N) is 1. The minimum atomic E-state index is -0.216. The molecule has 0 spiro atoms. The Balaban J connectivity index is 1.85. The first-order chi connectivity index (χ1) is 13.1. The van der Waals surface area contributed by atoms with Crippen molar-refractivity contribution in [1.82, 2.24) is 4.90 Å². The first-order valence-corrected chi connectivity index (χ1v) is 10.0. The van der Waals surface area contributed by atoms with Crippen molar-refractivity contribution in [2.45, 2.75) is 20.4 Å². The number of aryl methyl sites for hydroxylation is 1. The summed E-state index contributed by atoms with van der Waals surface area (Å²) in [5.41, 5.74) is 2.33. The number of ether oxygens (including phenoxy) is 2. The lowest BCUT2D eigenvalue weighted by Gasteiger charge is -2.27. The van der Waals surface area contributed by atoms with Crippen molar-refractivity contribution in [2.75, 3.05) is 32.9 Å². The van der Waals surface area contributed by atoms with Crippen molar-refractivity contribution in [1.29, 1.82) is 0 Å². The zero-order valence-corrected chi connectivity index (χ0v) is 16.6. The van der Waals surface area contributed by atoms with Gasteiger partial charge in [0.1, 0.15) is 11.5 Å². The van der Waals surface area contributed by atoms with Gasteiger partial charge in [-0.25, -0.2) is 0 Å². The lowest BCUT2D eigenvalue weighted by molar-refractivity contribution is 0.0338. The topological polar surface area (TPSA) is 59.0 Å². The molecule has 1 aromatic carbocycles. The smallest absolute Gasteiger partial charge is 0.189 e. The first-order valence-electron chi connectivity index (χ1n) is 9.13. The quantitative estimate of drug-likeness (QED) is 0.577. The summed E-state index contributed by atoms with van der Waals surface area (Å²) >= 11 is 1.59. The molecule has 3 rings (SSSR count). The van der Waals surface area contributed by atoms with E-state index in [1.54, 1.807) is 29.5 Å². The van der Waals surface area contributed by atoms with Gasteiger partial charge < -0.3 is 14.6 Å². The molecule has 1 aromatic heterocycles. The summed E-state index contributed by atoms with van der Waals surface area (Å²) in [6, 6.07) is 5.32. The summed E-state index contributed by atoms with van der Waals surface area (Å²) in [5, 5.41) is 12.4. The van der Waals surface area contributed by atoms with Crippen LogP contribution in [0.4, 0.5) is 0 Å². The van der Waals surface area contributed by atoms with Crippen molar-refractivity contribution in [3.05, 3.63) is 51.2 Å². The van der Waals surface area contributed by atoms with E-state index in [1.165, 1.54) is 6.08 Å². The Labute approximate surface area is 163 Å². The van der Waals surface area contributed by atoms with Gasteiger partial charge in [0.25, 0.3) is 0 Å². The number of morpholine rings is 1. The molecule has 0 aliphatic carbocycles.